The Kier molecular flexibility index (Phi) is 5.78. The summed E-state index contributed by atoms with van der Waals surface area (Å²) in [6.07, 6.45) is 0. The van der Waals surface area contributed by atoms with Crippen molar-refractivity contribution in [1.82, 2.24) is 0 Å². The Bertz CT molecular complexity index is 413. The third kappa shape index (κ3) is 4.56. The Labute approximate surface area is 107 Å². The van der Waals surface area contributed by atoms with Gasteiger partial charge in [-0.3, -0.25) is 0 Å². The average molecular weight is 272 g/mol. The van der Waals surface area contributed by atoms with Crippen LogP contribution in [0.3, 0.4) is 0 Å². The SMILES string of the molecule is CCOP(=S)(/N=C(\N)c1ccccc1)OCC. The summed E-state index contributed by atoms with van der Waals surface area (Å²) < 4.78 is 15.0. The van der Waals surface area contributed by atoms with Crippen LogP contribution in [0.4, 0.5) is 0 Å². The first-order valence-corrected chi connectivity index (χ1v) is 8.00. The highest BCUT2D eigenvalue weighted by molar-refractivity contribution is 8.09. The van der Waals surface area contributed by atoms with E-state index >= 15 is 0 Å². The first-order chi connectivity index (χ1) is 8.11. The molecule has 0 saturated heterocycles. The summed E-state index contributed by atoms with van der Waals surface area (Å²) in [6, 6.07) is 9.44. The minimum atomic E-state index is -2.64. The maximum Gasteiger partial charge on any atom is 0.310 e. The van der Waals surface area contributed by atoms with E-state index in [1.807, 2.05) is 44.2 Å². The summed E-state index contributed by atoms with van der Waals surface area (Å²) in [6.45, 7) is 1.99. The van der Waals surface area contributed by atoms with Crippen molar-refractivity contribution in [2.24, 2.45) is 10.5 Å². The van der Waals surface area contributed by atoms with Gasteiger partial charge in [0.1, 0.15) is 5.84 Å². The molecule has 2 N–H and O–H groups in total. The smallest absolute Gasteiger partial charge is 0.310 e. The highest BCUT2D eigenvalue weighted by atomic mass is 32.5. The molecule has 0 atom stereocenters. The van der Waals surface area contributed by atoms with Gasteiger partial charge in [0.15, 0.2) is 0 Å². The van der Waals surface area contributed by atoms with E-state index in [4.69, 9.17) is 26.6 Å². The second-order valence-corrected chi connectivity index (χ2v) is 6.19. The van der Waals surface area contributed by atoms with Crippen molar-refractivity contribution in [2.75, 3.05) is 13.2 Å². The molecule has 0 fully saturated rings. The molecular formula is C11H17N2O2PS. The van der Waals surface area contributed by atoms with Crippen LogP contribution in [0.25, 0.3) is 0 Å². The average Bonchev–Trinajstić information content (AvgIpc) is 2.30. The fourth-order valence-electron chi connectivity index (χ4n) is 1.22. The molecule has 0 heterocycles. The molecule has 0 spiro atoms. The first kappa shape index (κ1) is 14.3. The van der Waals surface area contributed by atoms with Gasteiger partial charge in [-0.1, -0.05) is 30.3 Å². The Morgan fingerprint density at radius 1 is 1.24 bits per heavy atom. The van der Waals surface area contributed by atoms with E-state index in [-0.39, 0.29) is 0 Å². The minimum absolute atomic E-state index is 0.357. The van der Waals surface area contributed by atoms with Gasteiger partial charge in [0.25, 0.3) is 0 Å². The number of nitrogens with zero attached hydrogens (tertiary/aromatic N) is 1. The van der Waals surface area contributed by atoms with Crippen LogP contribution >= 0.6 is 6.64 Å². The quantitative estimate of drug-likeness (QED) is 0.491. The van der Waals surface area contributed by atoms with Gasteiger partial charge in [0.05, 0.1) is 13.2 Å². The zero-order chi connectivity index (χ0) is 12.7. The molecule has 0 amide bonds. The van der Waals surface area contributed by atoms with Crippen LogP contribution in [-0.4, -0.2) is 19.0 Å². The number of hydrogen-bond donors (Lipinski definition) is 1. The number of nitrogens with two attached hydrogens (primary N) is 1. The lowest BCUT2D eigenvalue weighted by Crippen LogP contribution is -2.13. The summed E-state index contributed by atoms with van der Waals surface area (Å²) >= 11 is 5.28. The van der Waals surface area contributed by atoms with Gasteiger partial charge in [-0.25, -0.2) is 0 Å². The standard InChI is InChI=1S/C11H17N2O2PS/c1-3-14-16(17,15-4-2)13-11(12)10-8-6-5-7-9-10/h5-9H,3-4H2,1-2H3,(H2,12,13,17). The van der Waals surface area contributed by atoms with E-state index in [9.17, 15) is 0 Å². The van der Waals surface area contributed by atoms with Gasteiger partial charge >= 0.3 is 6.64 Å². The third-order valence-corrected chi connectivity index (χ3v) is 4.39. The van der Waals surface area contributed by atoms with Gasteiger partial charge in [-0.05, 0) is 25.7 Å². The molecule has 0 bridgehead atoms. The zero-order valence-corrected chi connectivity index (χ0v) is 11.7. The molecule has 0 saturated carbocycles. The number of rotatable bonds is 6. The largest absolute Gasteiger partial charge is 0.383 e. The summed E-state index contributed by atoms with van der Waals surface area (Å²) in [7, 11) is 0. The van der Waals surface area contributed by atoms with Crippen molar-refractivity contribution in [3.05, 3.63) is 35.9 Å². The van der Waals surface area contributed by atoms with Crippen LogP contribution in [-0.2, 0) is 20.9 Å². The Morgan fingerprint density at radius 3 is 2.24 bits per heavy atom. The molecule has 1 aromatic carbocycles. The number of amidine groups is 1. The fourth-order valence-corrected chi connectivity index (χ4v) is 3.34. The second kappa shape index (κ2) is 6.87. The molecule has 0 aliphatic rings. The van der Waals surface area contributed by atoms with Crippen LogP contribution in [0.5, 0.6) is 0 Å². The summed E-state index contributed by atoms with van der Waals surface area (Å²) in [5, 5.41) is 0. The lowest BCUT2D eigenvalue weighted by atomic mass is 10.2. The van der Waals surface area contributed by atoms with Crippen LogP contribution < -0.4 is 5.73 Å². The number of hydrogen-bond acceptors (Lipinski definition) is 3. The van der Waals surface area contributed by atoms with Crippen molar-refractivity contribution in [2.45, 2.75) is 13.8 Å². The van der Waals surface area contributed by atoms with E-state index in [1.54, 1.807) is 0 Å². The molecule has 1 aromatic rings. The van der Waals surface area contributed by atoms with E-state index in [0.717, 1.165) is 5.56 Å². The van der Waals surface area contributed by atoms with Crippen LogP contribution in [0.2, 0.25) is 0 Å². The normalized spacial score (nSPS) is 12.7. The van der Waals surface area contributed by atoms with Gasteiger partial charge < -0.3 is 14.8 Å². The number of benzene rings is 1. The molecule has 0 aromatic heterocycles. The molecule has 17 heavy (non-hydrogen) atoms. The highest BCUT2D eigenvalue weighted by Crippen LogP contribution is 2.50. The predicted octanol–water partition coefficient (Wildman–Crippen LogP) is 2.69. The third-order valence-electron chi connectivity index (χ3n) is 1.88. The van der Waals surface area contributed by atoms with Crippen molar-refractivity contribution < 1.29 is 9.05 Å². The lowest BCUT2D eigenvalue weighted by molar-refractivity contribution is 0.267. The molecule has 0 aliphatic carbocycles. The Morgan fingerprint density at radius 2 is 1.76 bits per heavy atom. The summed E-state index contributed by atoms with van der Waals surface area (Å²) in [5.74, 6) is 0.357. The van der Waals surface area contributed by atoms with Crippen molar-refractivity contribution >= 4 is 24.3 Å². The molecular weight excluding hydrogens is 255 g/mol. The fraction of sp³-hybridized carbons (Fsp3) is 0.364. The summed E-state index contributed by atoms with van der Waals surface area (Å²) in [4.78, 5) is 0. The predicted molar refractivity (Wildman–Crippen MR) is 74.7 cm³/mol. The van der Waals surface area contributed by atoms with Gasteiger partial charge in [-0.15, -0.1) is 0 Å². The van der Waals surface area contributed by atoms with Crippen molar-refractivity contribution in [3.63, 3.8) is 0 Å². The maximum absolute atomic E-state index is 5.89. The van der Waals surface area contributed by atoms with Crippen LogP contribution in [0.15, 0.2) is 35.1 Å². The summed E-state index contributed by atoms with van der Waals surface area (Å²) in [5.41, 5.74) is 6.71. The van der Waals surface area contributed by atoms with Gasteiger partial charge in [-0.2, -0.15) is 4.76 Å². The van der Waals surface area contributed by atoms with Crippen molar-refractivity contribution in [1.29, 1.82) is 0 Å². The second-order valence-electron chi connectivity index (χ2n) is 3.16. The Balaban J connectivity index is 2.95. The van der Waals surface area contributed by atoms with Crippen LogP contribution in [0, 0.1) is 0 Å². The van der Waals surface area contributed by atoms with Crippen molar-refractivity contribution in [3.8, 4) is 0 Å². The van der Waals surface area contributed by atoms with E-state index < -0.39 is 6.64 Å². The lowest BCUT2D eigenvalue weighted by Gasteiger charge is -2.16. The minimum Gasteiger partial charge on any atom is -0.383 e. The molecule has 94 valence electrons. The Hall–Kier alpha value is -0.740. The highest BCUT2D eigenvalue weighted by Gasteiger charge is 2.17. The van der Waals surface area contributed by atoms with Gasteiger partial charge in [0, 0.05) is 5.56 Å². The monoisotopic (exact) mass is 272 g/mol. The maximum atomic E-state index is 5.89. The van der Waals surface area contributed by atoms with E-state index in [1.165, 1.54) is 0 Å². The molecule has 6 heteroatoms. The molecule has 0 radical (unpaired) electrons. The van der Waals surface area contributed by atoms with Gasteiger partial charge in [0.2, 0.25) is 0 Å². The topological polar surface area (TPSA) is 56.8 Å². The molecule has 0 unspecified atom stereocenters. The first-order valence-electron chi connectivity index (χ1n) is 5.41. The van der Waals surface area contributed by atoms with Crippen LogP contribution in [0.1, 0.15) is 19.4 Å². The molecule has 1 rings (SSSR count). The molecule has 4 nitrogen and oxygen atoms in total. The zero-order valence-electron chi connectivity index (χ0n) is 10.00. The molecule has 0 aliphatic heterocycles. The van der Waals surface area contributed by atoms with E-state index in [0.29, 0.717) is 19.0 Å². The van der Waals surface area contributed by atoms with E-state index in [2.05, 4.69) is 4.76 Å².